The Balaban J connectivity index is 1.43. The van der Waals surface area contributed by atoms with Crippen molar-refractivity contribution in [3.05, 3.63) is 99.0 Å². The fraction of sp³-hybridized carbons (Fsp3) is 0.286. The number of allylic oxidation sites excluding steroid dienone is 1. The number of hydrogen-bond donors (Lipinski definition) is 1. The molecule has 42 heavy (non-hydrogen) atoms. The van der Waals surface area contributed by atoms with Gasteiger partial charge in [0.25, 0.3) is 5.69 Å². The molecule has 1 atom stereocenters. The van der Waals surface area contributed by atoms with Crippen LogP contribution in [0.15, 0.2) is 72.1 Å². The molecule has 1 aliphatic heterocycles. The van der Waals surface area contributed by atoms with Gasteiger partial charge in [-0.2, -0.15) is 0 Å². The molecule has 0 saturated carbocycles. The van der Waals surface area contributed by atoms with E-state index in [-0.39, 0.29) is 55.5 Å². The van der Waals surface area contributed by atoms with Crippen LogP contribution in [0.5, 0.6) is 0 Å². The first kappa shape index (κ1) is 29.6. The molecule has 0 spiro atoms. The zero-order valence-electron chi connectivity index (χ0n) is 22.9. The Hall–Kier alpha value is -5.40. The van der Waals surface area contributed by atoms with Crippen LogP contribution in [0.4, 0.5) is 10.5 Å². The number of ether oxygens (including phenoxy) is 2. The summed E-state index contributed by atoms with van der Waals surface area (Å²) in [5, 5.41) is 21.8. The molecule has 14 nitrogen and oxygen atoms in total. The SMILES string of the molecule is CCOC(=O)C1=C(C)NC(=O)N(CCC(=O)OCc2cn(CC(=O)c3ccccc3)nn2)C1c1cccc([N+](=O)[O-])c1. The van der Waals surface area contributed by atoms with E-state index in [2.05, 4.69) is 15.6 Å². The number of esters is 2. The predicted octanol–water partition coefficient (Wildman–Crippen LogP) is 3.11. The Morgan fingerprint density at radius 2 is 1.86 bits per heavy atom. The second-order valence-electron chi connectivity index (χ2n) is 9.24. The van der Waals surface area contributed by atoms with E-state index in [1.807, 2.05) is 0 Å². The monoisotopic (exact) mass is 576 g/mol. The van der Waals surface area contributed by atoms with Gasteiger partial charge in [-0.15, -0.1) is 5.10 Å². The van der Waals surface area contributed by atoms with Gasteiger partial charge >= 0.3 is 18.0 Å². The van der Waals surface area contributed by atoms with Crippen molar-refractivity contribution in [2.75, 3.05) is 13.2 Å². The zero-order chi connectivity index (χ0) is 30.2. The highest BCUT2D eigenvalue weighted by atomic mass is 16.6. The van der Waals surface area contributed by atoms with Crippen molar-refractivity contribution in [2.45, 2.75) is 39.5 Å². The number of hydrogen-bond acceptors (Lipinski definition) is 10. The maximum Gasteiger partial charge on any atom is 0.338 e. The first-order valence-electron chi connectivity index (χ1n) is 13.0. The number of non-ortho nitro benzene ring substituents is 1. The second kappa shape index (κ2) is 13.3. The largest absolute Gasteiger partial charge is 0.463 e. The quantitative estimate of drug-likeness (QED) is 0.146. The van der Waals surface area contributed by atoms with Gasteiger partial charge < -0.3 is 19.7 Å². The number of carbonyl (C=O) groups is 4. The molecule has 1 aliphatic rings. The molecule has 2 heterocycles. The van der Waals surface area contributed by atoms with E-state index in [4.69, 9.17) is 9.47 Å². The first-order valence-corrected chi connectivity index (χ1v) is 13.0. The number of carbonyl (C=O) groups excluding carboxylic acids is 4. The molecule has 0 fully saturated rings. The van der Waals surface area contributed by atoms with Crippen LogP contribution in [0.2, 0.25) is 0 Å². The third-order valence-corrected chi connectivity index (χ3v) is 6.36. The molecule has 2 amide bonds. The molecule has 1 aromatic heterocycles. The molecule has 218 valence electrons. The third kappa shape index (κ3) is 7.02. The molecule has 0 radical (unpaired) electrons. The summed E-state index contributed by atoms with van der Waals surface area (Å²) in [5.74, 6) is -1.53. The Labute approximate surface area is 240 Å². The first-order chi connectivity index (χ1) is 20.2. The van der Waals surface area contributed by atoms with E-state index in [1.165, 1.54) is 40.9 Å². The van der Waals surface area contributed by atoms with Crippen LogP contribution in [-0.4, -0.2) is 61.7 Å². The number of nitro groups is 1. The molecule has 0 bridgehead atoms. The van der Waals surface area contributed by atoms with Gasteiger partial charge in [0.2, 0.25) is 0 Å². The molecule has 4 rings (SSSR count). The van der Waals surface area contributed by atoms with Gasteiger partial charge in [0.15, 0.2) is 5.78 Å². The summed E-state index contributed by atoms with van der Waals surface area (Å²) >= 11 is 0. The van der Waals surface area contributed by atoms with Crippen molar-refractivity contribution in [3.8, 4) is 0 Å². The number of aromatic nitrogens is 3. The molecular weight excluding hydrogens is 548 g/mol. The number of ketones is 1. The van der Waals surface area contributed by atoms with Gasteiger partial charge in [-0.3, -0.25) is 19.7 Å². The lowest BCUT2D eigenvalue weighted by molar-refractivity contribution is -0.384. The number of amides is 2. The summed E-state index contributed by atoms with van der Waals surface area (Å²) in [7, 11) is 0. The normalized spacial score (nSPS) is 14.8. The molecule has 1 unspecified atom stereocenters. The topological polar surface area (TPSA) is 176 Å². The molecule has 0 aliphatic carbocycles. The minimum Gasteiger partial charge on any atom is -0.463 e. The summed E-state index contributed by atoms with van der Waals surface area (Å²) < 4.78 is 11.8. The van der Waals surface area contributed by atoms with Crippen molar-refractivity contribution in [1.82, 2.24) is 25.2 Å². The summed E-state index contributed by atoms with van der Waals surface area (Å²) in [6.07, 6.45) is 1.23. The number of rotatable bonds is 12. The Morgan fingerprint density at radius 1 is 1.10 bits per heavy atom. The van der Waals surface area contributed by atoms with Crippen molar-refractivity contribution >= 4 is 29.4 Å². The second-order valence-corrected chi connectivity index (χ2v) is 9.24. The molecule has 2 aromatic carbocycles. The van der Waals surface area contributed by atoms with Crippen LogP contribution in [-0.2, 0) is 32.2 Å². The van der Waals surface area contributed by atoms with Crippen LogP contribution >= 0.6 is 0 Å². The molecule has 0 saturated heterocycles. The maximum atomic E-state index is 13.0. The number of nitro benzene ring substituents is 1. The molecule has 3 aromatic rings. The summed E-state index contributed by atoms with van der Waals surface area (Å²) in [6, 6.07) is 12.6. The van der Waals surface area contributed by atoms with Crippen LogP contribution < -0.4 is 5.32 Å². The minimum absolute atomic E-state index is 0.0379. The van der Waals surface area contributed by atoms with Gasteiger partial charge in [-0.05, 0) is 19.4 Å². The van der Waals surface area contributed by atoms with E-state index in [9.17, 15) is 29.3 Å². The fourth-order valence-corrected chi connectivity index (χ4v) is 4.42. The lowest BCUT2D eigenvalue weighted by Crippen LogP contribution is -2.49. The number of Topliss-reactive ketones (excluding diaryl/α,β-unsaturated/α-hetero) is 1. The summed E-state index contributed by atoms with van der Waals surface area (Å²) in [4.78, 5) is 63.0. The van der Waals surface area contributed by atoms with E-state index < -0.39 is 28.9 Å². The third-order valence-electron chi connectivity index (χ3n) is 6.36. The maximum absolute atomic E-state index is 13.0. The van der Waals surface area contributed by atoms with E-state index in [0.29, 0.717) is 16.8 Å². The number of urea groups is 1. The Bertz CT molecular complexity index is 1530. The van der Waals surface area contributed by atoms with Gasteiger partial charge in [-0.25, -0.2) is 14.3 Å². The lowest BCUT2D eigenvalue weighted by Gasteiger charge is -2.37. The van der Waals surface area contributed by atoms with Crippen molar-refractivity contribution in [1.29, 1.82) is 0 Å². The number of benzene rings is 2. The summed E-state index contributed by atoms with van der Waals surface area (Å²) in [5.41, 5.74) is 1.25. The zero-order valence-corrected chi connectivity index (χ0v) is 22.9. The highest BCUT2D eigenvalue weighted by Gasteiger charge is 2.39. The standard InChI is InChI=1S/C28H28N6O8/c1-3-41-27(37)25-18(2)29-28(38)33(26(25)20-10-7-11-22(14-20)34(39)40)13-12-24(36)42-17-21-15-32(31-30-21)16-23(35)19-8-5-4-6-9-19/h4-11,14-15,26H,3,12-13,16-17H2,1-2H3,(H,29,38). The minimum atomic E-state index is -1.05. The van der Waals surface area contributed by atoms with E-state index in [0.717, 1.165) is 0 Å². The Kier molecular flexibility index (Phi) is 9.37. The van der Waals surface area contributed by atoms with E-state index >= 15 is 0 Å². The predicted molar refractivity (Wildman–Crippen MR) is 146 cm³/mol. The van der Waals surface area contributed by atoms with Gasteiger partial charge in [0.1, 0.15) is 18.8 Å². The smallest absolute Gasteiger partial charge is 0.338 e. The summed E-state index contributed by atoms with van der Waals surface area (Å²) in [6.45, 7) is 2.80. The number of nitrogens with one attached hydrogen (secondary N) is 1. The average molecular weight is 577 g/mol. The van der Waals surface area contributed by atoms with Crippen molar-refractivity contribution < 1.29 is 33.6 Å². The van der Waals surface area contributed by atoms with Crippen LogP contribution in [0.3, 0.4) is 0 Å². The highest BCUT2D eigenvalue weighted by molar-refractivity contribution is 5.96. The molecule has 1 N–H and O–H groups in total. The van der Waals surface area contributed by atoms with Crippen molar-refractivity contribution in [2.24, 2.45) is 0 Å². The Morgan fingerprint density at radius 3 is 2.57 bits per heavy atom. The average Bonchev–Trinajstić information content (AvgIpc) is 3.42. The molecule has 14 heteroatoms. The van der Waals surface area contributed by atoms with Crippen LogP contribution in [0.1, 0.15) is 47.9 Å². The van der Waals surface area contributed by atoms with Crippen molar-refractivity contribution in [3.63, 3.8) is 0 Å². The van der Waals surface area contributed by atoms with Crippen LogP contribution in [0, 0.1) is 10.1 Å². The lowest BCUT2D eigenvalue weighted by atomic mass is 9.93. The fourth-order valence-electron chi connectivity index (χ4n) is 4.42. The number of nitrogens with zero attached hydrogens (tertiary/aromatic N) is 5. The van der Waals surface area contributed by atoms with Gasteiger partial charge in [0.05, 0.1) is 35.8 Å². The van der Waals surface area contributed by atoms with Gasteiger partial charge in [0, 0.05) is 29.9 Å². The molecular formula is C28H28N6O8. The van der Waals surface area contributed by atoms with Gasteiger partial charge in [-0.1, -0.05) is 47.7 Å². The van der Waals surface area contributed by atoms with Crippen LogP contribution in [0.25, 0.3) is 0 Å². The highest BCUT2D eigenvalue weighted by Crippen LogP contribution is 2.35. The van der Waals surface area contributed by atoms with E-state index in [1.54, 1.807) is 43.3 Å².